The number of nitrogens with zero attached hydrogens (tertiary/aromatic N) is 4. The molecule has 1 N–H and O–H groups in total. The lowest BCUT2D eigenvalue weighted by atomic mass is 10.2. The molecule has 0 radical (unpaired) electrons. The van der Waals surface area contributed by atoms with Crippen LogP contribution in [0.5, 0.6) is 0 Å². The van der Waals surface area contributed by atoms with Crippen molar-refractivity contribution in [3.8, 4) is 0 Å². The number of hydrogen-bond acceptors (Lipinski definition) is 8. The zero-order valence-corrected chi connectivity index (χ0v) is 12.6. The van der Waals surface area contributed by atoms with Crippen LogP contribution in [0.1, 0.15) is 10.8 Å². The van der Waals surface area contributed by atoms with E-state index in [1.807, 2.05) is 0 Å². The Morgan fingerprint density at radius 2 is 2.35 bits per heavy atom. The van der Waals surface area contributed by atoms with Gasteiger partial charge in [0, 0.05) is 26.1 Å². The van der Waals surface area contributed by atoms with Crippen molar-refractivity contribution in [2.45, 2.75) is 19.1 Å². The minimum absolute atomic E-state index is 0.0801. The molecule has 1 atom stereocenters. The fraction of sp³-hybridized carbons (Fsp3) is 0.700. The molecule has 2 aromatic rings. The Bertz CT molecular complexity index is 708. The fourth-order valence-corrected chi connectivity index (χ4v) is 4.58. The summed E-state index contributed by atoms with van der Waals surface area (Å²) in [6.45, 7) is 0.854. The van der Waals surface area contributed by atoms with Gasteiger partial charge in [-0.15, -0.1) is 10.2 Å². The number of methoxy groups -OCH3 is 1. The lowest BCUT2D eigenvalue weighted by molar-refractivity contribution is 0.176. The molecule has 1 aliphatic heterocycles. The van der Waals surface area contributed by atoms with Crippen molar-refractivity contribution >= 4 is 26.1 Å². The highest BCUT2D eigenvalue weighted by Crippen LogP contribution is 2.17. The van der Waals surface area contributed by atoms with Gasteiger partial charge in [0.15, 0.2) is 15.7 Å². The van der Waals surface area contributed by atoms with Gasteiger partial charge in [0.2, 0.25) is 4.96 Å². The summed E-state index contributed by atoms with van der Waals surface area (Å²) < 4.78 is 29.9. The Morgan fingerprint density at radius 3 is 3.10 bits per heavy atom. The molecular weight excluding hydrogens is 302 g/mol. The normalized spacial score (nSPS) is 22.4. The van der Waals surface area contributed by atoms with Gasteiger partial charge in [-0.2, -0.15) is 9.61 Å². The molecule has 8 nitrogen and oxygen atoms in total. The summed E-state index contributed by atoms with van der Waals surface area (Å²) in [7, 11) is -1.34. The molecule has 2 aromatic heterocycles. The van der Waals surface area contributed by atoms with Gasteiger partial charge in [0.05, 0.1) is 11.5 Å². The van der Waals surface area contributed by atoms with Gasteiger partial charge in [-0.3, -0.25) is 0 Å². The Hall–Kier alpha value is -1.10. The van der Waals surface area contributed by atoms with Crippen molar-refractivity contribution in [1.29, 1.82) is 0 Å². The molecular formula is C10H15N5O3S2. The zero-order chi connectivity index (χ0) is 14.2. The third-order valence-electron chi connectivity index (χ3n) is 3.09. The SMILES string of the molecule is COCc1nnc2sc(CC3CS(=O)(=O)CCN3)nn12. The fourth-order valence-electron chi connectivity index (χ4n) is 2.21. The van der Waals surface area contributed by atoms with E-state index in [-0.39, 0.29) is 17.5 Å². The highest BCUT2D eigenvalue weighted by atomic mass is 32.2. The van der Waals surface area contributed by atoms with Crippen LogP contribution < -0.4 is 5.32 Å². The van der Waals surface area contributed by atoms with Crippen molar-refractivity contribution in [2.75, 3.05) is 25.2 Å². The second-order valence-electron chi connectivity index (χ2n) is 4.71. The van der Waals surface area contributed by atoms with Crippen molar-refractivity contribution in [3.05, 3.63) is 10.8 Å². The molecule has 0 bridgehead atoms. The highest BCUT2D eigenvalue weighted by molar-refractivity contribution is 7.91. The number of nitrogens with one attached hydrogen (secondary N) is 1. The Labute approximate surface area is 120 Å². The molecule has 0 aliphatic carbocycles. The molecule has 1 saturated heterocycles. The first kappa shape index (κ1) is 13.9. The predicted molar refractivity (Wildman–Crippen MR) is 73.5 cm³/mol. The van der Waals surface area contributed by atoms with Crippen molar-refractivity contribution < 1.29 is 13.2 Å². The molecule has 0 saturated carbocycles. The van der Waals surface area contributed by atoms with Gasteiger partial charge in [-0.25, -0.2) is 8.42 Å². The van der Waals surface area contributed by atoms with Crippen molar-refractivity contribution in [1.82, 2.24) is 25.1 Å². The summed E-state index contributed by atoms with van der Waals surface area (Å²) in [5, 5.41) is 16.5. The van der Waals surface area contributed by atoms with E-state index in [4.69, 9.17) is 4.74 Å². The summed E-state index contributed by atoms with van der Waals surface area (Å²) >= 11 is 1.43. The van der Waals surface area contributed by atoms with E-state index in [0.717, 1.165) is 5.01 Å². The van der Waals surface area contributed by atoms with Gasteiger partial charge in [0.1, 0.15) is 11.6 Å². The van der Waals surface area contributed by atoms with Crippen molar-refractivity contribution in [2.24, 2.45) is 0 Å². The maximum atomic E-state index is 11.6. The molecule has 1 unspecified atom stereocenters. The van der Waals surface area contributed by atoms with Crippen molar-refractivity contribution in [3.63, 3.8) is 0 Å². The molecule has 3 heterocycles. The highest BCUT2D eigenvalue weighted by Gasteiger charge is 2.25. The average Bonchev–Trinajstić information content (AvgIpc) is 2.90. The summed E-state index contributed by atoms with van der Waals surface area (Å²) in [6.07, 6.45) is 0.583. The van der Waals surface area contributed by atoms with Crippen LogP contribution in [-0.4, -0.2) is 59.4 Å². The molecule has 110 valence electrons. The van der Waals surface area contributed by atoms with Gasteiger partial charge in [-0.05, 0) is 0 Å². The van der Waals surface area contributed by atoms with Crippen LogP contribution in [-0.2, 0) is 27.6 Å². The van der Waals surface area contributed by atoms with Gasteiger partial charge in [0.25, 0.3) is 0 Å². The van der Waals surface area contributed by atoms with Crippen LogP contribution in [0.3, 0.4) is 0 Å². The standard InChI is InChI=1S/C10H15N5O3S2/c1-18-5-8-12-13-10-15(8)14-9(19-10)4-7-6-20(16,17)3-2-11-7/h7,11H,2-6H2,1H3. The van der Waals surface area contributed by atoms with Gasteiger partial charge < -0.3 is 10.1 Å². The summed E-state index contributed by atoms with van der Waals surface area (Å²) in [6, 6.07) is -0.0801. The molecule has 10 heteroatoms. The second-order valence-corrected chi connectivity index (χ2v) is 7.98. The van der Waals surface area contributed by atoms with E-state index < -0.39 is 9.84 Å². The third-order valence-corrected chi connectivity index (χ3v) is 5.75. The number of aromatic nitrogens is 4. The molecule has 1 aliphatic rings. The van der Waals surface area contributed by atoms with Crippen LogP contribution in [0.15, 0.2) is 0 Å². The first-order chi connectivity index (χ1) is 9.57. The topological polar surface area (TPSA) is 98.5 Å². The molecule has 20 heavy (non-hydrogen) atoms. The lowest BCUT2D eigenvalue weighted by Gasteiger charge is -2.22. The summed E-state index contributed by atoms with van der Waals surface area (Å²) in [5.41, 5.74) is 0. The van der Waals surface area contributed by atoms with E-state index in [2.05, 4.69) is 20.6 Å². The first-order valence-corrected chi connectivity index (χ1v) is 8.84. The smallest absolute Gasteiger partial charge is 0.234 e. The van der Waals surface area contributed by atoms with E-state index in [1.54, 1.807) is 11.6 Å². The van der Waals surface area contributed by atoms with Crippen LogP contribution in [0.25, 0.3) is 4.96 Å². The summed E-state index contributed by atoms with van der Waals surface area (Å²) in [5.74, 6) is 1.03. The van der Waals surface area contributed by atoms with E-state index in [1.165, 1.54) is 11.3 Å². The third kappa shape index (κ3) is 2.82. The number of sulfone groups is 1. The molecule has 0 amide bonds. The van der Waals surface area contributed by atoms with Crippen LogP contribution in [0.2, 0.25) is 0 Å². The number of rotatable bonds is 4. The first-order valence-electron chi connectivity index (χ1n) is 6.20. The summed E-state index contributed by atoms with van der Waals surface area (Å²) in [4.78, 5) is 0.700. The predicted octanol–water partition coefficient (Wildman–Crippen LogP) is -0.739. The quantitative estimate of drug-likeness (QED) is 0.793. The average molecular weight is 317 g/mol. The maximum Gasteiger partial charge on any atom is 0.234 e. The van der Waals surface area contributed by atoms with Gasteiger partial charge >= 0.3 is 0 Å². The largest absolute Gasteiger partial charge is 0.377 e. The van der Waals surface area contributed by atoms with E-state index in [0.29, 0.717) is 30.4 Å². The monoisotopic (exact) mass is 317 g/mol. The lowest BCUT2D eigenvalue weighted by Crippen LogP contribution is -2.46. The minimum atomic E-state index is -2.93. The molecule has 0 aromatic carbocycles. The zero-order valence-electron chi connectivity index (χ0n) is 10.9. The molecule has 3 rings (SSSR count). The number of fused-ring (bicyclic) bond motifs is 1. The van der Waals surface area contributed by atoms with Gasteiger partial charge in [-0.1, -0.05) is 11.3 Å². The van der Waals surface area contributed by atoms with E-state index in [9.17, 15) is 8.42 Å². The second kappa shape index (κ2) is 5.35. The maximum absolute atomic E-state index is 11.6. The van der Waals surface area contributed by atoms with Crippen LogP contribution >= 0.6 is 11.3 Å². The number of hydrogen-bond donors (Lipinski definition) is 1. The van der Waals surface area contributed by atoms with Crippen LogP contribution in [0, 0.1) is 0 Å². The Kier molecular flexibility index (Phi) is 3.71. The number of ether oxygens (including phenoxy) is 1. The van der Waals surface area contributed by atoms with Crippen LogP contribution in [0.4, 0.5) is 0 Å². The minimum Gasteiger partial charge on any atom is -0.377 e. The Balaban J connectivity index is 1.77. The molecule has 1 fully saturated rings. The Morgan fingerprint density at radius 1 is 1.50 bits per heavy atom. The molecule has 0 spiro atoms. The van der Waals surface area contributed by atoms with E-state index >= 15 is 0 Å².